The summed E-state index contributed by atoms with van der Waals surface area (Å²) in [7, 11) is 0. The van der Waals surface area contributed by atoms with Crippen molar-refractivity contribution in [2.45, 2.75) is 6.92 Å². The third-order valence-electron chi connectivity index (χ3n) is 2.94. The lowest BCUT2D eigenvalue weighted by Crippen LogP contribution is -1.79. The predicted octanol–water partition coefficient (Wildman–Crippen LogP) is 5.42. The smallest absolute Gasteiger partial charge is 0.0184 e. The van der Waals surface area contributed by atoms with Crippen molar-refractivity contribution in [3.63, 3.8) is 0 Å². The van der Waals surface area contributed by atoms with Gasteiger partial charge in [-0.15, -0.1) is 0 Å². The summed E-state index contributed by atoms with van der Waals surface area (Å²) in [5, 5.41) is 0. The maximum absolute atomic E-state index is 3.64. The number of rotatable bonds is 4. The number of benzene rings is 2. The number of allylic oxidation sites excluding steroid dienone is 4. The van der Waals surface area contributed by atoms with Crippen LogP contribution >= 0.6 is 0 Å². The molecule has 0 aliphatic rings. The Labute approximate surface area is 115 Å². The lowest BCUT2D eigenvalue weighted by molar-refractivity contribution is 1.47. The Morgan fingerprint density at radius 2 is 1.32 bits per heavy atom. The third-order valence-corrected chi connectivity index (χ3v) is 2.94. The van der Waals surface area contributed by atoms with Gasteiger partial charge < -0.3 is 0 Å². The van der Waals surface area contributed by atoms with Crippen LogP contribution in [0, 0.1) is 6.92 Å². The van der Waals surface area contributed by atoms with Gasteiger partial charge in [0, 0.05) is 0 Å². The molecule has 0 fully saturated rings. The third kappa shape index (κ3) is 3.82. The number of hydrogen-bond donors (Lipinski definition) is 0. The van der Waals surface area contributed by atoms with E-state index in [0.29, 0.717) is 0 Å². The fourth-order valence-electron chi connectivity index (χ4n) is 1.84. The molecule has 0 N–H and O–H groups in total. The first-order chi connectivity index (χ1) is 9.29. The molecular weight excluding hydrogens is 228 g/mol. The van der Waals surface area contributed by atoms with E-state index in [1.165, 1.54) is 22.3 Å². The van der Waals surface area contributed by atoms with Crippen LogP contribution < -0.4 is 0 Å². The lowest BCUT2D eigenvalue weighted by atomic mass is 10.0. The fraction of sp³-hybridized carbons (Fsp3) is 0.0526. The first-order valence-corrected chi connectivity index (χ1v) is 6.42. The molecule has 0 spiro atoms. The van der Waals surface area contributed by atoms with Crippen molar-refractivity contribution in [3.05, 3.63) is 90.5 Å². The summed E-state index contributed by atoms with van der Waals surface area (Å²) in [4.78, 5) is 0. The molecule has 0 amide bonds. The van der Waals surface area contributed by atoms with Gasteiger partial charge in [-0.25, -0.2) is 0 Å². The largest absolute Gasteiger partial charge is 0.0991 e. The van der Waals surface area contributed by atoms with E-state index in [2.05, 4.69) is 68.1 Å². The van der Waals surface area contributed by atoms with E-state index >= 15 is 0 Å². The molecule has 0 aromatic heterocycles. The van der Waals surface area contributed by atoms with Crippen LogP contribution in [0.2, 0.25) is 0 Å². The number of hydrogen-bond acceptors (Lipinski definition) is 0. The van der Waals surface area contributed by atoms with Crippen molar-refractivity contribution in [1.82, 2.24) is 0 Å². The highest BCUT2D eigenvalue weighted by Gasteiger charge is 1.96. The van der Waals surface area contributed by atoms with E-state index in [1.807, 2.05) is 18.2 Å². The van der Waals surface area contributed by atoms with Gasteiger partial charge in [-0.1, -0.05) is 91.1 Å². The molecule has 0 radical (unpaired) electrons. The first-order valence-electron chi connectivity index (χ1n) is 6.42. The molecule has 0 heterocycles. The monoisotopic (exact) mass is 246 g/mol. The summed E-state index contributed by atoms with van der Waals surface area (Å²) >= 11 is 0. The zero-order chi connectivity index (χ0) is 13.5. The molecule has 2 rings (SSSR count). The second kappa shape index (κ2) is 6.55. The zero-order valence-corrected chi connectivity index (χ0v) is 11.2. The second-order valence-corrected chi connectivity index (χ2v) is 4.47. The Bertz CT molecular complexity index is 581. The molecule has 0 atom stereocenters. The minimum Gasteiger partial charge on any atom is -0.0991 e. The van der Waals surface area contributed by atoms with E-state index in [9.17, 15) is 0 Å². The SMILES string of the molecule is C=C/C=C\C=C/c1ccc(-c2ccc(C)cc2)cc1. The van der Waals surface area contributed by atoms with Crippen LogP contribution in [0.5, 0.6) is 0 Å². The van der Waals surface area contributed by atoms with Crippen molar-refractivity contribution >= 4 is 6.08 Å². The topological polar surface area (TPSA) is 0 Å². The minimum absolute atomic E-state index is 1.20. The maximum atomic E-state index is 3.64. The molecule has 0 unspecified atom stereocenters. The average molecular weight is 246 g/mol. The second-order valence-electron chi connectivity index (χ2n) is 4.47. The number of aryl methyl sites for hydroxylation is 1. The quantitative estimate of drug-likeness (QED) is 0.632. The molecule has 0 aliphatic carbocycles. The zero-order valence-electron chi connectivity index (χ0n) is 11.2. The van der Waals surface area contributed by atoms with E-state index in [1.54, 1.807) is 6.08 Å². The van der Waals surface area contributed by atoms with Gasteiger partial charge in [0.2, 0.25) is 0 Å². The normalized spacial score (nSPS) is 11.2. The summed E-state index contributed by atoms with van der Waals surface area (Å²) in [6.07, 6.45) is 9.75. The van der Waals surface area contributed by atoms with E-state index in [-0.39, 0.29) is 0 Å². The molecule has 0 aliphatic heterocycles. The molecule has 2 aromatic rings. The summed E-state index contributed by atoms with van der Waals surface area (Å²) in [6, 6.07) is 17.2. The van der Waals surface area contributed by atoms with Gasteiger partial charge in [-0.05, 0) is 23.6 Å². The molecular formula is C19H18. The predicted molar refractivity (Wildman–Crippen MR) is 85.0 cm³/mol. The summed E-state index contributed by atoms with van der Waals surface area (Å²) in [6.45, 7) is 5.74. The lowest BCUT2D eigenvalue weighted by Gasteiger charge is -2.02. The summed E-state index contributed by atoms with van der Waals surface area (Å²) in [5.74, 6) is 0. The Balaban J connectivity index is 2.14. The Morgan fingerprint density at radius 3 is 1.89 bits per heavy atom. The van der Waals surface area contributed by atoms with Gasteiger partial charge in [0.1, 0.15) is 0 Å². The van der Waals surface area contributed by atoms with Crippen LogP contribution in [0.3, 0.4) is 0 Å². The van der Waals surface area contributed by atoms with Crippen molar-refractivity contribution in [3.8, 4) is 11.1 Å². The van der Waals surface area contributed by atoms with Crippen LogP contribution in [-0.2, 0) is 0 Å². The van der Waals surface area contributed by atoms with Crippen LogP contribution in [0.15, 0.2) is 79.4 Å². The molecule has 19 heavy (non-hydrogen) atoms. The summed E-state index contributed by atoms with van der Waals surface area (Å²) in [5.41, 5.74) is 4.99. The van der Waals surface area contributed by atoms with Crippen molar-refractivity contribution in [1.29, 1.82) is 0 Å². The maximum Gasteiger partial charge on any atom is -0.0184 e. The molecule has 0 saturated heterocycles. The average Bonchev–Trinajstić information content (AvgIpc) is 2.45. The van der Waals surface area contributed by atoms with Crippen molar-refractivity contribution in [2.75, 3.05) is 0 Å². The van der Waals surface area contributed by atoms with Crippen LogP contribution in [-0.4, -0.2) is 0 Å². The van der Waals surface area contributed by atoms with Gasteiger partial charge in [0.25, 0.3) is 0 Å². The van der Waals surface area contributed by atoms with Gasteiger partial charge in [-0.2, -0.15) is 0 Å². The Hall–Kier alpha value is -2.34. The molecule has 94 valence electrons. The Morgan fingerprint density at radius 1 is 0.737 bits per heavy atom. The molecule has 0 saturated carbocycles. The van der Waals surface area contributed by atoms with E-state index in [0.717, 1.165) is 0 Å². The van der Waals surface area contributed by atoms with Crippen molar-refractivity contribution in [2.24, 2.45) is 0 Å². The summed E-state index contributed by atoms with van der Waals surface area (Å²) < 4.78 is 0. The molecule has 0 heteroatoms. The Kier molecular flexibility index (Phi) is 4.52. The first kappa shape index (κ1) is 13.1. The van der Waals surface area contributed by atoms with Crippen LogP contribution in [0.1, 0.15) is 11.1 Å². The van der Waals surface area contributed by atoms with Crippen LogP contribution in [0.4, 0.5) is 0 Å². The molecule has 0 nitrogen and oxygen atoms in total. The molecule has 0 bridgehead atoms. The van der Waals surface area contributed by atoms with Crippen molar-refractivity contribution < 1.29 is 0 Å². The highest BCUT2D eigenvalue weighted by Crippen LogP contribution is 2.20. The highest BCUT2D eigenvalue weighted by atomic mass is 14.0. The standard InChI is InChI=1S/C19H18/c1-3-4-5-6-7-17-10-14-19(15-11-17)18-12-8-16(2)9-13-18/h3-15H,1H2,2H3/b5-4-,7-6-. The van der Waals surface area contributed by atoms with Crippen LogP contribution in [0.25, 0.3) is 17.2 Å². The molecule has 2 aromatic carbocycles. The van der Waals surface area contributed by atoms with Gasteiger partial charge in [0.15, 0.2) is 0 Å². The minimum atomic E-state index is 1.20. The fourth-order valence-corrected chi connectivity index (χ4v) is 1.84. The highest BCUT2D eigenvalue weighted by molar-refractivity contribution is 5.66. The van der Waals surface area contributed by atoms with E-state index in [4.69, 9.17) is 0 Å². The van der Waals surface area contributed by atoms with Gasteiger partial charge in [-0.3, -0.25) is 0 Å². The van der Waals surface area contributed by atoms with E-state index < -0.39 is 0 Å². The van der Waals surface area contributed by atoms with Gasteiger partial charge in [0.05, 0.1) is 0 Å². The van der Waals surface area contributed by atoms with Gasteiger partial charge >= 0.3 is 0 Å².